The van der Waals surface area contributed by atoms with Crippen LogP contribution in [0.1, 0.15) is 52.0 Å². The van der Waals surface area contributed by atoms with E-state index in [0.717, 1.165) is 37.7 Å². The zero-order valence-corrected chi connectivity index (χ0v) is 21.5. The van der Waals surface area contributed by atoms with Gasteiger partial charge in [0.15, 0.2) is 5.43 Å². The number of imide groups is 1. The molecule has 0 saturated carbocycles. The molecule has 1 aliphatic heterocycles. The Kier molecular flexibility index (Phi) is 7.26. The van der Waals surface area contributed by atoms with E-state index >= 15 is 0 Å². The van der Waals surface area contributed by atoms with Crippen LogP contribution in [0.3, 0.4) is 0 Å². The van der Waals surface area contributed by atoms with Crippen LogP contribution < -0.4 is 14.9 Å². The van der Waals surface area contributed by atoms with Gasteiger partial charge in [0, 0.05) is 30.3 Å². The maximum absolute atomic E-state index is 12.8. The third-order valence-corrected chi connectivity index (χ3v) is 6.94. The maximum atomic E-state index is 12.8. The average Bonchev–Trinajstić information content (AvgIpc) is 3.19. The Bertz CT molecular complexity index is 1520. The lowest BCUT2D eigenvalue weighted by Crippen LogP contribution is -2.30. The molecule has 7 nitrogen and oxygen atoms in total. The van der Waals surface area contributed by atoms with Crippen LogP contribution in [-0.2, 0) is 6.42 Å². The van der Waals surface area contributed by atoms with Crippen LogP contribution in [0.15, 0.2) is 75.9 Å². The summed E-state index contributed by atoms with van der Waals surface area (Å²) in [4.78, 5) is 39.1. The molecule has 0 unspecified atom stereocenters. The lowest BCUT2D eigenvalue weighted by Gasteiger charge is -2.13. The summed E-state index contributed by atoms with van der Waals surface area (Å²) in [5, 5.41) is 0.386. The molecule has 0 saturated heterocycles. The lowest BCUT2D eigenvalue weighted by molar-refractivity contribution is 0.0651. The van der Waals surface area contributed by atoms with Crippen molar-refractivity contribution in [3.8, 4) is 22.8 Å². The third kappa shape index (κ3) is 4.92. The smallest absolute Gasteiger partial charge is 0.261 e. The maximum Gasteiger partial charge on any atom is 0.261 e. The molecular formula is C31H29NO6. The van der Waals surface area contributed by atoms with E-state index in [1.165, 1.54) is 23.6 Å². The third-order valence-electron chi connectivity index (χ3n) is 6.94. The molecule has 4 aromatic rings. The highest BCUT2D eigenvalue weighted by molar-refractivity contribution is 6.21. The number of carbonyl (C=O) groups excluding carboxylic acids is 2. The van der Waals surface area contributed by atoms with Gasteiger partial charge in [-0.1, -0.05) is 49.2 Å². The molecular weight excluding hydrogens is 482 g/mol. The van der Waals surface area contributed by atoms with E-state index in [1.54, 1.807) is 43.5 Å². The van der Waals surface area contributed by atoms with Crippen LogP contribution in [0.25, 0.3) is 22.3 Å². The number of carbonyl (C=O) groups is 2. The molecule has 0 atom stereocenters. The number of nitrogens with zero attached hydrogens (tertiary/aromatic N) is 1. The first-order chi connectivity index (χ1) is 18.5. The number of amides is 2. The molecule has 38 heavy (non-hydrogen) atoms. The highest BCUT2D eigenvalue weighted by Crippen LogP contribution is 2.32. The Morgan fingerprint density at radius 2 is 1.45 bits per heavy atom. The number of benzene rings is 3. The van der Waals surface area contributed by atoms with Crippen LogP contribution in [0.4, 0.5) is 0 Å². The van der Waals surface area contributed by atoms with Crippen molar-refractivity contribution < 1.29 is 23.5 Å². The summed E-state index contributed by atoms with van der Waals surface area (Å²) in [5.74, 6) is 1.07. The van der Waals surface area contributed by atoms with Gasteiger partial charge in [-0.05, 0) is 37.0 Å². The molecule has 2 amide bonds. The molecule has 0 aliphatic carbocycles. The van der Waals surface area contributed by atoms with E-state index in [0.29, 0.717) is 45.9 Å². The van der Waals surface area contributed by atoms with Crippen molar-refractivity contribution in [1.82, 2.24) is 4.90 Å². The highest BCUT2D eigenvalue weighted by atomic mass is 16.5. The minimum absolute atomic E-state index is 0.175. The number of fused-ring (bicyclic) bond motifs is 2. The van der Waals surface area contributed by atoms with Crippen LogP contribution in [-0.4, -0.2) is 37.5 Å². The largest absolute Gasteiger partial charge is 0.496 e. The Morgan fingerprint density at radius 3 is 2.11 bits per heavy atom. The highest BCUT2D eigenvalue weighted by Gasteiger charge is 2.34. The molecule has 194 valence electrons. The van der Waals surface area contributed by atoms with Gasteiger partial charge in [-0.25, -0.2) is 0 Å². The fourth-order valence-corrected chi connectivity index (χ4v) is 4.88. The summed E-state index contributed by atoms with van der Waals surface area (Å²) < 4.78 is 16.7. The number of hydrogen-bond donors (Lipinski definition) is 0. The standard InChI is InChI=1S/C31H29NO6/c1-36-22-17-27(37-2)29-25(33)19-26(38-28(29)18-22)21-14-12-20(13-15-21)9-5-3-4-8-16-32-30(34)23-10-6-7-11-24(23)31(32)35/h6-7,10-15,17-19H,3-5,8-9,16H2,1-2H3. The van der Waals surface area contributed by atoms with Gasteiger partial charge in [-0.2, -0.15) is 0 Å². The number of methoxy groups -OCH3 is 2. The van der Waals surface area contributed by atoms with Crippen LogP contribution >= 0.6 is 0 Å². The Balaban J connectivity index is 1.14. The van der Waals surface area contributed by atoms with E-state index in [9.17, 15) is 14.4 Å². The second kappa shape index (κ2) is 10.9. The Labute approximate surface area is 220 Å². The first-order valence-electron chi connectivity index (χ1n) is 12.7. The van der Waals surface area contributed by atoms with Gasteiger partial charge in [-0.3, -0.25) is 19.3 Å². The molecule has 0 radical (unpaired) electrons. The first kappa shape index (κ1) is 25.3. The zero-order chi connectivity index (χ0) is 26.6. The zero-order valence-electron chi connectivity index (χ0n) is 21.5. The molecule has 1 aliphatic rings. The topological polar surface area (TPSA) is 86.0 Å². The van der Waals surface area contributed by atoms with E-state index in [2.05, 4.69) is 0 Å². The van der Waals surface area contributed by atoms with Gasteiger partial charge in [0.05, 0.1) is 25.3 Å². The van der Waals surface area contributed by atoms with E-state index < -0.39 is 0 Å². The van der Waals surface area contributed by atoms with Crippen molar-refractivity contribution in [3.63, 3.8) is 0 Å². The SMILES string of the molecule is COc1cc(OC)c2c(=O)cc(-c3ccc(CCCCCCN4C(=O)c5ccccc5C4=O)cc3)oc2c1. The van der Waals surface area contributed by atoms with Gasteiger partial charge < -0.3 is 13.9 Å². The average molecular weight is 512 g/mol. The minimum Gasteiger partial charge on any atom is -0.496 e. The van der Waals surface area contributed by atoms with Crippen LogP contribution in [0.2, 0.25) is 0 Å². The Morgan fingerprint density at radius 1 is 0.763 bits per heavy atom. The monoisotopic (exact) mass is 511 g/mol. The van der Waals surface area contributed by atoms with Gasteiger partial charge in [0.1, 0.15) is 28.2 Å². The second-order valence-electron chi connectivity index (χ2n) is 9.35. The van der Waals surface area contributed by atoms with E-state index in [4.69, 9.17) is 13.9 Å². The molecule has 2 heterocycles. The fraction of sp³-hybridized carbons (Fsp3) is 0.258. The summed E-state index contributed by atoms with van der Waals surface area (Å²) in [7, 11) is 3.06. The van der Waals surface area contributed by atoms with Crippen molar-refractivity contribution in [1.29, 1.82) is 0 Å². The first-order valence-corrected chi connectivity index (χ1v) is 12.7. The quantitative estimate of drug-likeness (QED) is 0.195. The van der Waals surface area contributed by atoms with Crippen molar-refractivity contribution >= 4 is 22.8 Å². The lowest BCUT2D eigenvalue weighted by atomic mass is 10.0. The van der Waals surface area contributed by atoms with Crippen LogP contribution in [0.5, 0.6) is 11.5 Å². The van der Waals surface area contributed by atoms with Gasteiger partial charge in [0.25, 0.3) is 11.8 Å². The van der Waals surface area contributed by atoms with Crippen molar-refractivity contribution in [3.05, 3.63) is 93.6 Å². The fourth-order valence-electron chi connectivity index (χ4n) is 4.88. The molecule has 0 fully saturated rings. The molecule has 0 N–H and O–H groups in total. The molecule has 7 heteroatoms. The van der Waals surface area contributed by atoms with Crippen molar-refractivity contribution in [2.45, 2.75) is 32.1 Å². The second-order valence-corrected chi connectivity index (χ2v) is 9.35. The molecule has 0 bridgehead atoms. The number of hydrogen-bond acceptors (Lipinski definition) is 6. The predicted molar refractivity (Wildman–Crippen MR) is 145 cm³/mol. The summed E-state index contributed by atoms with van der Waals surface area (Å²) in [6.07, 6.45) is 4.67. The molecule has 0 spiro atoms. The van der Waals surface area contributed by atoms with Gasteiger partial charge in [0.2, 0.25) is 0 Å². The van der Waals surface area contributed by atoms with E-state index in [1.807, 2.05) is 24.3 Å². The molecule has 1 aromatic heterocycles. The number of rotatable bonds is 10. The summed E-state index contributed by atoms with van der Waals surface area (Å²) in [6.45, 7) is 0.454. The normalized spacial score (nSPS) is 12.7. The number of unbranched alkanes of at least 4 members (excludes halogenated alkanes) is 3. The van der Waals surface area contributed by atoms with Crippen molar-refractivity contribution in [2.75, 3.05) is 20.8 Å². The van der Waals surface area contributed by atoms with Gasteiger partial charge in [-0.15, -0.1) is 0 Å². The summed E-state index contributed by atoms with van der Waals surface area (Å²) in [6, 6.07) is 19.8. The molecule has 3 aromatic carbocycles. The van der Waals surface area contributed by atoms with Gasteiger partial charge >= 0.3 is 0 Å². The molecule has 5 rings (SSSR count). The number of aryl methyl sites for hydroxylation is 1. The summed E-state index contributed by atoms with van der Waals surface area (Å²) in [5.41, 5.74) is 3.25. The van der Waals surface area contributed by atoms with Crippen molar-refractivity contribution in [2.24, 2.45) is 0 Å². The van der Waals surface area contributed by atoms with E-state index in [-0.39, 0.29) is 17.2 Å². The minimum atomic E-state index is -0.189. The predicted octanol–water partition coefficient (Wildman–Crippen LogP) is 5.88. The Hall–Kier alpha value is -4.39. The summed E-state index contributed by atoms with van der Waals surface area (Å²) >= 11 is 0. The van der Waals surface area contributed by atoms with Crippen LogP contribution in [0, 0.1) is 0 Å². The number of ether oxygens (including phenoxy) is 2.